The van der Waals surface area contributed by atoms with E-state index in [0.717, 1.165) is 0 Å². The van der Waals surface area contributed by atoms with Gasteiger partial charge in [0.2, 0.25) is 0 Å². The number of ether oxygens (including phenoxy) is 1. The number of hydrogen-bond acceptors (Lipinski definition) is 2. The van der Waals surface area contributed by atoms with Gasteiger partial charge in [0.25, 0.3) is 0 Å². The molecule has 0 saturated heterocycles. The first kappa shape index (κ1) is 15.6. The normalized spacial score (nSPS) is 10.7. The summed E-state index contributed by atoms with van der Waals surface area (Å²) >= 11 is 3.12. The summed E-state index contributed by atoms with van der Waals surface area (Å²) in [6.45, 7) is -3.02. The summed E-state index contributed by atoms with van der Waals surface area (Å²) in [6, 6.07) is 9.97. The maximum Gasteiger partial charge on any atom is 0.387 e. The van der Waals surface area contributed by atoms with E-state index in [-0.39, 0.29) is 23.3 Å². The molecule has 21 heavy (non-hydrogen) atoms. The Bertz CT molecular complexity index is 659. The number of benzene rings is 2. The Balaban J connectivity index is 2.24. The highest BCUT2D eigenvalue weighted by molar-refractivity contribution is 9.10. The van der Waals surface area contributed by atoms with Crippen LogP contribution in [-0.4, -0.2) is 12.4 Å². The van der Waals surface area contributed by atoms with E-state index in [4.69, 9.17) is 0 Å². The van der Waals surface area contributed by atoms with Crippen LogP contribution in [0.15, 0.2) is 46.9 Å². The Kier molecular flexibility index (Phi) is 5.01. The van der Waals surface area contributed by atoms with E-state index in [1.807, 2.05) is 0 Å². The fraction of sp³-hybridized carbons (Fsp3) is 0.133. The molecule has 2 aromatic carbocycles. The molecule has 0 aliphatic rings. The molecule has 0 amide bonds. The van der Waals surface area contributed by atoms with Crippen molar-refractivity contribution >= 4 is 21.7 Å². The van der Waals surface area contributed by atoms with Crippen molar-refractivity contribution in [1.29, 1.82) is 0 Å². The third kappa shape index (κ3) is 4.07. The number of para-hydroxylation sites is 1. The van der Waals surface area contributed by atoms with Crippen molar-refractivity contribution in [2.75, 3.05) is 0 Å². The second kappa shape index (κ2) is 6.76. The number of carbonyl (C=O) groups excluding carboxylic acids is 1. The van der Waals surface area contributed by atoms with Crippen molar-refractivity contribution < 1.29 is 22.7 Å². The summed E-state index contributed by atoms with van der Waals surface area (Å²) in [7, 11) is 0. The Labute approximate surface area is 127 Å². The van der Waals surface area contributed by atoms with Gasteiger partial charge in [-0.05, 0) is 29.8 Å². The van der Waals surface area contributed by atoms with Crippen LogP contribution in [0.2, 0.25) is 0 Å². The highest BCUT2D eigenvalue weighted by Crippen LogP contribution is 2.23. The molecule has 2 aromatic rings. The zero-order valence-electron chi connectivity index (χ0n) is 10.7. The molecule has 0 aromatic heterocycles. The van der Waals surface area contributed by atoms with Gasteiger partial charge in [-0.3, -0.25) is 4.79 Å². The molecule has 0 heterocycles. The topological polar surface area (TPSA) is 26.3 Å². The zero-order chi connectivity index (χ0) is 15.4. The van der Waals surface area contributed by atoms with E-state index in [1.165, 1.54) is 36.4 Å². The summed E-state index contributed by atoms with van der Waals surface area (Å²) in [6.07, 6.45) is -0.233. The molecule has 6 heteroatoms. The van der Waals surface area contributed by atoms with Crippen molar-refractivity contribution in [2.24, 2.45) is 0 Å². The molecule has 0 spiro atoms. The van der Waals surface area contributed by atoms with Gasteiger partial charge < -0.3 is 4.74 Å². The van der Waals surface area contributed by atoms with Crippen molar-refractivity contribution in [1.82, 2.24) is 0 Å². The van der Waals surface area contributed by atoms with Crippen LogP contribution in [0.4, 0.5) is 13.2 Å². The molecule has 0 radical (unpaired) electrons. The molecule has 0 N–H and O–H groups in total. The summed E-state index contributed by atoms with van der Waals surface area (Å²) in [5, 5.41) is 0. The molecule has 0 fully saturated rings. The van der Waals surface area contributed by atoms with Crippen LogP contribution in [0.5, 0.6) is 5.75 Å². The van der Waals surface area contributed by atoms with Gasteiger partial charge in [-0.2, -0.15) is 8.78 Å². The zero-order valence-corrected chi connectivity index (χ0v) is 12.2. The second-order valence-electron chi connectivity index (χ2n) is 4.21. The number of alkyl halides is 2. The first-order valence-corrected chi connectivity index (χ1v) is 6.77. The maximum atomic E-state index is 13.7. The lowest BCUT2D eigenvalue weighted by Gasteiger charge is -2.10. The van der Waals surface area contributed by atoms with Crippen LogP contribution >= 0.6 is 15.9 Å². The third-order valence-corrected chi connectivity index (χ3v) is 3.26. The number of hydrogen-bond donors (Lipinski definition) is 0. The quantitative estimate of drug-likeness (QED) is 0.729. The standard InChI is InChI=1S/C15H10BrF3O2/c16-10-6-5-9(12(17)8-10)7-13(20)11-3-1-2-4-14(11)21-15(18)19/h1-6,8,15H,7H2. The maximum absolute atomic E-state index is 13.7. The average Bonchev–Trinajstić information content (AvgIpc) is 2.42. The lowest BCUT2D eigenvalue weighted by molar-refractivity contribution is -0.0501. The fourth-order valence-electron chi connectivity index (χ4n) is 1.83. The van der Waals surface area contributed by atoms with Crippen LogP contribution in [0.1, 0.15) is 15.9 Å². The van der Waals surface area contributed by atoms with E-state index in [0.29, 0.717) is 4.47 Å². The first-order chi connectivity index (χ1) is 9.97. The monoisotopic (exact) mass is 358 g/mol. The minimum Gasteiger partial charge on any atom is -0.434 e. The van der Waals surface area contributed by atoms with Crippen molar-refractivity contribution in [3.8, 4) is 5.75 Å². The lowest BCUT2D eigenvalue weighted by Crippen LogP contribution is -2.10. The highest BCUT2D eigenvalue weighted by Gasteiger charge is 2.17. The summed E-state index contributed by atoms with van der Waals surface area (Å²) in [5.41, 5.74) is 0.190. The number of Topliss-reactive ketones (excluding diaryl/α,β-unsaturated/α-hetero) is 1. The predicted molar refractivity (Wildman–Crippen MR) is 75.2 cm³/mol. The summed E-state index contributed by atoms with van der Waals surface area (Å²) in [4.78, 5) is 12.2. The van der Waals surface area contributed by atoms with Gasteiger partial charge in [0.1, 0.15) is 11.6 Å². The molecule has 0 unspecified atom stereocenters. The van der Waals surface area contributed by atoms with Gasteiger partial charge in [-0.1, -0.05) is 34.1 Å². The highest BCUT2D eigenvalue weighted by atomic mass is 79.9. The van der Waals surface area contributed by atoms with Gasteiger partial charge in [-0.15, -0.1) is 0 Å². The Morgan fingerprint density at radius 2 is 1.90 bits per heavy atom. The minimum absolute atomic E-state index is 0.000110. The summed E-state index contributed by atoms with van der Waals surface area (Å²) < 4.78 is 43.2. The number of halogens is 4. The smallest absolute Gasteiger partial charge is 0.387 e. The van der Waals surface area contributed by atoms with Crippen molar-refractivity contribution in [2.45, 2.75) is 13.0 Å². The van der Waals surface area contributed by atoms with Gasteiger partial charge in [0.15, 0.2) is 5.78 Å². The van der Waals surface area contributed by atoms with Gasteiger partial charge in [0, 0.05) is 10.9 Å². The van der Waals surface area contributed by atoms with Gasteiger partial charge in [-0.25, -0.2) is 4.39 Å². The van der Waals surface area contributed by atoms with Crippen LogP contribution in [0.25, 0.3) is 0 Å². The van der Waals surface area contributed by atoms with Gasteiger partial charge in [0.05, 0.1) is 5.56 Å². The van der Waals surface area contributed by atoms with E-state index in [2.05, 4.69) is 20.7 Å². The van der Waals surface area contributed by atoms with Crippen LogP contribution in [-0.2, 0) is 6.42 Å². The van der Waals surface area contributed by atoms with Crippen molar-refractivity contribution in [3.63, 3.8) is 0 Å². The molecule has 0 bridgehead atoms. The Morgan fingerprint density at radius 1 is 1.19 bits per heavy atom. The lowest BCUT2D eigenvalue weighted by atomic mass is 10.0. The molecule has 0 aliphatic heterocycles. The first-order valence-electron chi connectivity index (χ1n) is 5.98. The molecular weight excluding hydrogens is 349 g/mol. The predicted octanol–water partition coefficient (Wildman–Crippen LogP) is 4.62. The molecule has 0 atom stereocenters. The number of ketones is 1. The van der Waals surface area contributed by atoms with E-state index < -0.39 is 18.2 Å². The molecule has 110 valence electrons. The number of rotatable bonds is 5. The largest absolute Gasteiger partial charge is 0.434 e. The van der Waals surface area contributed by atoms with Crippen molar-refractivity contribution in [3.05, 3.63) is 63.9 Å². The number of carbonyl (C=O) groups is 1. The van der Waals surface area contributed by atoms with Crippen LogP contribution < -0.4 is 4.74 Å². The van der Waals surface area contributed by atoms with Gasteiger partial charge >= 0.3 is 6.61 Å². The van der Waals surface area contributed by atoms with E-state index in [1.54, 1.807) is 6.07 Å². The summed E-state index contributed by atoms with van der Waals surface area (Å²) in [5.74, 6) is -1.24. The molecular formula is C15H10BrF3O2. The third-order valence-electron chi connectivity index (χ3n) is 2.77. The Hall–Kier alpha value is -1.82. The average molecular weight is 359 g/mol. The molecule has 2 rings (SSSR count). The Morgan fingerprint density at radius 3 is 2.57 bits per heavy atom. The molecule has 0 aliphatic carbocycles. The minimum atomic E-state index is -3.02. The van der Waals surface area contributed by atoms with E-state index >= 15 is 0 Å². The fourth-order valence-corrected chi connectivity index (χ4v) is 2.16. The SMILES string of the molecule is O=C(Cc1ccc(Br)cc1F)c1ccccc1OC(F)F. The second-order valence-corrected chi connectivity index (χ2v) is 5.13. The molecule has 0 saturated carbocycles. The van der Waals surface area contributed by atoms with Crippen LogP contribution in [0, 0.1) is 5.82 Å². The molecule has 2 nitrogen and oxygen atoms in total. The van der Waals surface area contributed by atoms with Crippen LogP contribution in [0.3, 0.4) is 0 Å². The van der Waals surface area contributed by atoms with E-state index in [9.17, 15) is 18.0 Å².